The highest BCUT2D eigenvalue weighted by atomic mass is 16.5. The molecule has 0 bridgehead atoms. The molecule has 0 amide bonds. The smallest absolute Gasteiger partial charge is 0.0667 e. The van der Waals surface area contributed by atoms with Gasteiger partial charge in [0.15, 0.2) is 0 Å². The monoisotopic (exact) mass is 814 g/mol. The largest absolute Gasteiger partial charge is 0.374 e. The van der Waals surface area contributed by atoms with Gasteiger partial charge in [-0.3, -0.25) is 4.90 Å². The molecule has 10 aliphatic rings. The molecule has 0 N–H and O–H groups in total. The van der Waals surface area contributed by atoms with Gasteiger partial charge in [-0.15, -0.1) is 0 Å². The van der Waals surface area contributed by atoms with Crippen LogP contribution in [0.3, 0.4) is 0 Å². The fourth-order valence-electron chi connectivity index (χ4n) is 18.5. The van der Waals surface area contributed by atoms with Gasteiger partial charge in [-0.2, -0.15) is 0 Å². The summed E-state index contributed by atoms with van der Waals surface area (Å²) in [7, 11) is 0. The minimum atomic E-state index is 0.501. The topological polar surface area (TPSA) is 21.7 Å². The molecule has 10 fully saturated rings. The van der Waals surface area contributed by atoms with Crippen LogP contribution in [0.5, 0.6) is 0 Å². The maximum Gasteiger partial charge on any atom is 0.0667 e. The third kappa shape index (κ3) is 8.73. The van der Waals surface area contributed by atoms with E-state index in [4.69, 9.17) is 9.47 Å². The summed E-state index contributed by atoms with van der Waals surface area (Å²) in [6.45, 7) is 15.0. The second kappa shape index (κ2) is 17.7. The molecule has 3 nitrogen and oxygen atoms in total. The number of hydrogen-bond acceptors (Lipinski definition) is 3. The Morgan fingerprint density at radius 3 is 1.25 bits per heavy atom. The highest BCUT2D eigenvalue weighted by Crippen LogP contribution is 2.59. The summed E-state index contributed by atoms with van der Waals surface area (Å²) < 4.78 is 14.4. The minimum absolute atomic E-state index is 0.501. The zero-order valence-electron chi connectivity index (χ0n) is 39.7. The second-order valence-electron chi connectivity index (χ2n) is 26.4. The fraction of sp³-hybridized carbons (Fsp3) is 1.00. The van der Waals surface area contributed by atoms with Crippen LogP contribution in [0.25, 0.3) is 0 Å². The van der Waals surface area contributed by atoms with E-state index in [0.717, 1.165) is 89.1 Å². The van der Waals surface area contributed by atoms with Crippen LogP contribution in [0.1, 0.15) is 228 Å². The number of fused-ring (bicyclic) bond motifs is 7. The van der Waals surface area contributed by atoms with Crippen LogP contribution in [-0.4, -0.2) is 47.4 Å². The first-order chi connectivity index (χ1) is 28.5. The average molecular weight is 814 g/mol. The Balaban J connectivity index is 0.784. The lowest BCUT2D eigenvalue weighted by Gasteiger charge is -2.52. The first kappa shape index (κ1) is 42.8. The molecule has 2 aliphatic heterocycles. The molecule has 2 saturated heterocycles. The SMILES string of the molecule is CC(C)(C)C1CCC(C2CCC(N(C3CCC(C4CCC(C(C)(C)C)CC4)CC3)C3CCC(C4CCCC5C6CCC7OC8CCCCC8C7C6OC45)CC3)CC2)CC1. The zero-order valence-corrected chi connectivity index (χ0v) is 39.7. The van der Waals surface area contributed by atoms with Gasteiger partial charge in [-0.05, 0) is 243 Å². The summed E-state index contributed by atoms with van der Waals surface area (Å²) in [6, 6.07) is 2.59. The maximum absolute atomic E-state index is 7.54. The maximum atomic E-state index is 7.54. The lowest BCUT2D eigenvalue weighted by molar-refractivity contribution is -0.0879. The predicted octanol–water partition coefficient (Wildman–Crippen LogP) is 14.8. The van der Waals surface area contributed by atoms with Crippen LogP contribution in [0.4, 0.5) is 0 Å². The number of rotatable bonds is 6. The molecule has 10 rings (SSSR count). The molecule has 0 aromatic rings. The summed E-state index contributed by atoms with van der Waals surface area (Å²) in [6.07, 6.45) is 45.1. The third-order valence-electron chi connectivity index (χ3n) is 21.8. The Kier molecular flexibility index (Phi) is 12.8. The van der Waals surface area contributed by atoms with Crippen molar-refractivity contribution in [2.45, 2.75) is 270 Å². The first-order valence-corrected chi connectivity index (χ1v) is 27.6. The Bertz CT molecular complexity index is 1280. The molecule has 0 spiro atoms. The average Bonchev–Trinajstić information content (AvgIpc) is 3.83. The minimum Gasteiger partial charge on any atom is -0.374 e. The summed E-state index contributed by atoms with van der Waals surface area (Å²) in [4.78, 5) is 3.33. The van der Waals surface area contributed by atoms with E-state index < -0.39 is 0 Å². The molecular formula is C56H95NO2. The van der Waals surface area contributed by atoms with Gasteiger partial charge in [0.1, 0.15) is 0 Å². The summed E-state index contributed by atoms with van der Waals surface area (Å²) in [5.74, 6) is 11.0. The Labute approximate surface area is 365 Å². The number of ether oxygens (including phenoxy) is 2. The van der Waals surface area contributed by atoms with Crippen molar-refractivity contribution < 1.29 is 9.47 Å². The molecular weight excluding hydrogens is 719 g/mol. The quantitative estimate of drug-likeness (QED) is 0.267. The van der Waals surface area contributed by atoms with Gasteiger partial charge in [-0.1, -0.05) is 60.8 Å². The van der Waals surface area contributed by atoms with Crippen LogP contribution in [-0.2, 0) is 9.47 Å². The second-order valence-corrected chi connectivity index (χ2v) is 26.4. The van der Waals surface area contributed by atoms with E-state index in [2.05, 4.69) is 46.4 Å². The van der Waals surface area contributed by atoms with Crippen LogP contribution in [0.2, 0.25) is 0 Å². The van der Waals surface area contributed by atoms with E-state index in [1.54, 1.807) is 0 Å². The van der Waals surface area contributed by atoms with E-state index in [-0.39, 0.29) is 0 Å². The predicted molar refractivity (Wildman–Crippen MR) is 245 cm³/mol. The molecule has 2 heterocycles. The van der Waals surface area contributed by atoms with Gasteiger partial charge in [0.2, 0.25) is 0 Å². The van der Waals surface area contributed by atoms with E-state index in [1.807, 2.05) is 0 Å². The van der Waals surface area contributed by atoms with Gasteiger partial charge < -0.3 is 9.47 Å². The van der Waals surface area contributed by atoms with Gasteiger partial charge in [0.05, 0.1) is 24.4 Å². The Morgan fingerprint density at radius 1 is 0.322 bits per heavy atom. The summed E-state index contributed by atoms with van der Waals surface area (Å²) in [5.41, 5.74) is 1.00. The van der Waals surface area contributed by atoms with Crippen molar-refractivity contribution in [2.24, 2.45) is 81.8 Å². The highest BCUT2D eigenvalue weighted by molar-refractivity contribution is 5.08. The third-order valence-corrected chi connectivity index (χ3v) is 21.8. The fourth-order valence-corrected chi connectivity index (χ4v) is 18.5. The van der Waals surface area contributed by atoms with Crippen molar-refractivity contribution in [3.63, 3.8) is 0 Å². The molecule has 3 heteroatoms. The van der Waals surface area contributed by atoms with E-state index in [0.29, 0.717) is 35.2 Å². The molecule has 9 atom stereocenters. The molecule has 0 aromatic carbocycles. The lowest BCUT2D eigenvalue weighted by atomic mass is 9.62. The van der Waals surface area contributed by atoms with Crippen LogP contribution in [0.15, 0.2) is 0 Å². The normalized spacial score (nSPS) is 49.8. The highest BCUT2D eigenvalue weighted by Gasteiger charge is 2.60. The number of hydrogen-bond donors (Lipinski definition) is 0. The van der Waals surface area contributed by atoms with Crippen molar-refractivity contribution in [3.8, 4) is 0 Å². The molecule has 8 saturated carbocycles. The Morgan fingerprint density at radius 2 is 0.746 bits per heavy atom. The van der Waals surface area contributed by atoms with Crippen LogP contribution < -0.4 is 0 Å². The van der Waals surface area contributed by atoms with Crippen molar-refractivity contribution in [3.05, 3.63) is 0 Å². The van der Waals surface area contributed by atoms with Gasteiger partial charge >= 0.3 is 0 Å². The van der Waals surface area contributed by atoms with Crippen molar-refractivity contribution in [1.82, 2.24) is 4.90 Å². The number of nitrogens with zero attached hydrogens (tertiary/aromatic N) is 1. The van der Waals surface area contributed by atoms with Crippen molar-refractivity contribution in [2.75, 3.05) is 0 Å². The molecule has 0 radical (unpaired) electrons. The molecule has 8 aliphatic carbocycles. The van der Waals surface area contributed by atoms with Crippen LogP contribution >= 0.6 is 0 Å². The van der Waals surface area contributed by atoms with Crippen LogP contribution in [0, 0.1) is 81.8 Å². The van der Waals surface area contributed by atoms with Crippen molar-refractivity contribution in [1.29, 1.82) is 0 Å². The Hall–Kier alpha value is -0.120. The molecule has 0 aromatic heterocycles. The summed E-state index contributed by atoms with van der Waals surface area (Å²) in [5, 5.41) is 0. The molecule has 336 valence electrons. The van der Waals surface area contributed by atoms with Gasteiger partial charge in [0, 0.05) is 24.0 Å². The lowest BCUT2D eigenvalue weighted by Crippen LogP contribution is -2.53. The van der Waals surface area contributed by atoms with Gasteiger partial charge in [0.25, 0.3) is 0 Å². The molecule has 9 unspecified atom stereocenters. The zero-order chi connectivity index (χ0) is 40.5. The van der Waals surface area contributed by atoms with Gasteiger partial charge in [-0.25, -0.2) is 0 Å². The molecule has 59 heavy (non-hydrogen) atoms. The summed E-state index contributed by atoms with van der Waals surface area (Å²) >= 11 is 0. The standard InChI is InChI=1S/C56H95NO2/c1-55(2,3)41-24-14-36(15-25-41)38-18-28-43(29-19-38)57(44-30-20-39(21-31-44)37-16-26-42(27-17-37)56(4,5)6)45-32-22-40(23-33-45)46-11-9-12-47-48-34-35-51-52(54(48)59-53(46)47)49-10-7-8-13-50(49)58-51/h36-54H,7-35H2,1-6H3. The van der Waals surface area contributed by atoms with E-state index in [1.165, 1.54) is 186 Å². The van der Waals surface area contributed by atoms with Crippen molar-refractivity contribution >= 4 is 0 Å². The first-order valence-electron chi connectivity index (χ1n) is 27.6. The van der Waals surface area contributed by atoms with E-state index in [9.17, 15) is 0 Å². The van der Waals surface area contributed by atoms with E-state index >= 15 is 0 Å².